The first-order chi connectivity index (χ1) is 4.04. The Morgan fingerprint density at radius 1 is 1.50 bits per heavy atom. The van der Waals surface area contributed by atoms with Gasteiger partial charge in [0.05, 0.1) is 11.7 Å². The summed E-state index contributed by atoms with van der Waals surface area (Å²) >= 11 is 0. The quantitative estimate of drug-likeness (QED) is 0.543. The van der Waals surface area contributed by atoms with Gasteiger partial charge < -0.3 is 4.74 Å². The van der Waals surface area contributed by atoms with Gasteiger partial charge >= 0.3 is 0 Å². The number of ether oxygens (including phenoxy) is 1. The van der Waals surface area contributed by atoms with Crippen molar-refractivity contribution >= 4 is 0 Å². The Kier molecular flexibility index (Phi) is 2.90. The Bertz CT molecular complexity index is 109. The first-order valence-corrected chi connectivity index (χ1v) is 3.72. The maximum absolute atomic E-state index is 5.42. The summed E-state index contributed by atoms with van der Waals surface area (Å²) in [6.07, 6.45) is 1.70. The zero-order valence-electron chi connectivity index (χ0n) is 6.77. The van der Waals surface area contributed by atoms with E-state index in [4.69, 9.17) is 4.74 Å². The van der Waals surface area contributed by atoms with Gasteiger partial charge in [-0.15, -0.1) is 0 Å². The van der Waals surface area contributed by atoms with Crippen LogP contribution in [0.3, 0.4) is 0 Å². The molecular formula is C9H20O. The van der Waals surface area contributed by atoms with E-state index in [2.05, 4.69) is 27.7 Å². The summed E-state index contributed by atoms with van der Waals surface area (Å²) in [6.45, 7) is 8.80. The normalized spacial score (nSPS) is 37.5. The molecule has 0 aromatic heterocycles. The van der Waals surface area contributed by atoms with Crippen molar-refractivity contribution in [1.29, 1.82) is 0 Å². The highest BCUT2D eigenvalue weighted by molar-refractivity contribution is 4.96. The zero-order chi connectivity index (χ0) is 7.07. The molecule has 1 heteroatoms. The molecule has 0 aromatic rings. The third-order valence-electron chi connectivity index (χ3n) is 2.06. The molecule has 1 fully saturated rings. The van der Waals surface area contributed by atoms with Crippen LogP contribution in [0.25, 0.3) is 0 Å². The fraction of sp³-hybridized carbons (Fsp3) is 1.00. The van der Waals surface area contributed by atoms with Crippen LogP contribution in [0.4, 0.5) is 0 Å². The smallest absolute Gasteiger partial charge is 0.0920 e. The molecule has 62 valence electrons. The van der Waals surface area contributed by atoms with Crippen molar-refractivity contribution in [3.63, 3.8) is 0 Å². The molecule has 0 aromatic carbocycles. The fourth-order valence-electron chi connectivity index (χ4n) is 1.39. The predicted molar refractivity (Wildman–Crippen MR) is 45.1 cm³/mol. The highest BCUT2D eigenvalue weighted by atomic mass is 16.6. The maximum Gasteiger partial charge on any atom is 0.0920 e. The second-order valence-corrected chi connectivity index (χ2v) is 3.67. The minimum absolute atomic E-state index is 0. The van der Waals surface area contributed by atoms with Gasteiger partial charge in [0.2, 0.25) is 0 Å². The van der Waals surface area contributed by atoms with Gasteiger partial charge in [0, 0.05) is 0 Å². The van der Waals surface area contributed by atoms with Gasteiger partial charge in [-0.25, -0.2) is 0 Å². The van der Waals surface area contributed by atoms with Crippen LogP contribution in [0.2, 0.25) is 0 Å². The van der Waals surface area contributed by atoms with Crippen LogP contribution in [0.5, 0.6) is 0 Å². The second kappa shape index (κ2) is 2.91. The van der Waals surface area contributed by atoms with E-state index in [-0.39, 0.29) is 13.0 Å². The average Bonchev–Trinajstić information content (AvgIpc) is 2.10. The Labute approximate surface area is 64.8 Å². The molecule has 0 bridgehead atoms. The van der Waals surface area contributed by atoms with Crippen LogP contribution in [-0.2, 0) is 4.74 Å². The monoisotopic (exact) mass is 144 g/mol. The first kappa shape index (κ1) is 9.96. The molecule has 0 spiro atoms. The molecule has 0 radical (unpaired) electrons. The Morgan fingerprint density at radius 2 is 1.90 bits per heavy atom. The summed E-state index contributed by atoms with van der Waals surface area (Å²) in [6, 6.07) is 0. The van der Waals surface area contributed by atoms with Gasteiger partial charge in [-0.1, -0.05) is 21.3 Å². The molecule has 1 aliphatic rings. The van der Waals surface area contributed by atoms with Crippen molar-refractivity contribution in [2.45, 2.75) is 53.2 Å². The summed E-state index contributed by atoms with van der Waals surface area (Å²) in [7, 11) is 0. The third kappa shape index (κ3) is 1.98. The van der Waals surface area contributed by atoms with E-state index in [9.17, 15) is 0 Å². The SMILES string of the molecule is C.CC(C)CC1(C)OC1C. The molecule has 2 atom stereocenters. The Balaban J connectivity index is 0.000000810. The van der Waals surface area contributed by atoms with Gasteiger partial charge in [0.25, 0.3) is 0 Å². The number of rotatable bonds is 2. The third-order valence-corrected chi connectivity index (χ3v) is 2.06. The minimum atomic E-state index is 0. The largest absolute Gasteiger partial charge is 0.367 e. The highest BCUT2D eigenvalue weighted by Gasteiger charge is 2.48. The molecule has 10 heavy (non-hydrogen) atoms. The molecule has 1 heterocycles. The predicted octanol–water partition coefficient (Wildman–Crippen LogP) is 2.85. The zero-order valence-corrected chi connectivity index (χ0v) is 6.77. The van der Waals surface area contributed by atoms with Gasteiger partial charge in [-0.05, 0) is 26.2 Å². The van der Waals surface area contributed by atoms with E-state index >= 15 is 0 Å². The Morgan fingerprint density at radius 3 is 2.00 bits per heavy atom. The van der Waals surface area contributed by atoms with Crippen LogP contribution in [-0.4, -0.2) is 11.7 Å². The standard InChI is InChI=1S/C8H16O.CH4/c1-6(2)5-8(4)7(3)9-8;/h6-7H,5H2,1-4H3;1H4. The van der Waals surface area contributed by atoms with E-state index in [0.717, 1.165) is 5.92 Å². The van der Waals surface area contributed by atoms with E-state index in [1.54, 1.807) is 0 Å². The van der Waals surface area contributed by atoms with Gasteiger partial charge in [-0.3, -0.25) is 0 Å². The van der Waals surface area contributed by atoms with Crippen molar-refractivity contribution in [2.24, 2.45) is 5.92 Å². The minimum Gasteiger partial charge on any atom is -0.367 e. The average molecular weight is 144 g/mol. The van der Waals surface area contributed by atoms with Crippen molar-refractivity contribution < 1.29 is 4.74 Å². The molecule has 2 unspecified atom stereocenters. The van der Waals surface area contributed by atoms with Crippen LogP contribution in [0.1, 0.15) is 41.5 Å². The van der Waals surface area contributed by atoms with Gasteiger partial charge in [0.15, 0.2) is 0 Å². The molecule has 0 amide bonds. The summed E-state index contributed by atoms with van der Waals surface area (Å²) in [4.78, 5) is 0. The summed E-state index contributed by atoms with van der Waals surface area (Å²) in [5.74, 6) is 0.764. The molecule has 0 N–H and O–H groups in total. The number of epoxide rings is 1. The molecule has 1 nitrogen and oxygen atoms in total. The second-order valence-electron chi connectivity index (χ2n) is 3.67. The molecule has 1 saturated heterocycles. The van der Waals surface area contributed by atoms with Crippen molar-refractivity contribution in [3.05, 3.63) is 0 Å². The summed E-state index contributed by atoms with van der Waals surface area (Å²) in [5.41, 5.74) is 0.230. The van der Waals surface area contributed by atoms with Crippen LogP contribution in [0, 0.1) is 5.92 Å². The molecular weight excluding hydrogens is 124 g/mol. The lowest BCUT2D eigenvalue weighted by molar-refractivity contribution is 0.277. The Hall–Kier alpha value is -0.0400. The van der Waals surface area contributed by atoms with Crippen molar-refractivity contribution in [1.82, 2.24) is 0 Å². The number of hydrogen-bond acceptors (Lipinski definition) is 1. The van der Waals surface area contributed by atoms with E-state index in [1.807, 2.05) is 0 Å². The molecule has 1 rings (SSSR count). The van der Waals surface area contributed by atoms with Gasteiger partial charge in [-0.2, -0.15) is 0 Å². The summed E-state index contributed by atoms with van der Waals surface area (Å²) < 4.78 is 5.42. The maximum atomic E-state index is 5.42. The van der Waals surface area contributed by atoms with Crippen LogP contribution >= 0.6 is 0 Å². The summed E-state index contributed by atoms with van der Waals surface area (Å²) in [5, 5.41) is 0. The lowest BCUT2D eigenvalue weighted by atomic mass is 9.96. The van der Waals surface area contributed by atoms with Gasteiger partial charge in [0.1, 0.15) is 0 Å². The van der Waals surface area contributed by atoms with Crippen molar-refractivity contribution in [3.8, 4) is 0 Å². The first-order valence-electron chi connectivity index (χ1n) is 3.72. The molecule has 0 saturated carbocycles. The van der Waals surface area contributed by atoms with E-state index in [1.165, 1.54) is 6.42 Å². The van der Waals surface area contributed by atoms with E-state index < -0.39 is 0 Å². The topological polar surface area (TPSA) is 12.5 Å². The molecule has 1 aliphatic heterocycles. The fourth-order valence-corrected chi connectivity index (χ4v) is 1.39. The van der Waals surface area contributed by atoms with Crippen LogP contribution < -0.4 is 0 Å². The number of hydrogen-bond donors (Lipinski definition) is 0. The highest BCUT2D eigenvalue weighted by Crippen LogP contribution is 2.40. The van der Waals surface area contributed by atoms with Crippen molar-refractivity contribution in [2.75, 3.05) is 0 Å². The van der Waals surface area contributed by atoms with Crippen LogP contribution in [0.15, 0.2) is 0 Å². The lowest BCUT2D eigenvalue weighted by Gasteiger charge is -2.07. The van der Waals surface area contributed by atoms with E-state index in [0.29, 0.717) is 6.10 Å². The molecule has 0 aliphatic carbocycles. The lowest BCUT2D eigenvalue weighted by Crippen LogP contribution is -2.11.